The summed E-state index contributed by atoms with van der Waals surface area (Å²) in [5, 5.41) is 2.91. The predicted octanol–water partition coefficient (Wildman–Crippen LogP) is 3.83. The number of amides is 2. The Kier molecular flexibility index (Phi) is 6.69. The molecule has 2 aromatic carbocycles. The maximum Gasteiger partial charge on any atom is 0.321 e. The van der Waals surface area contributed by atoms with Crippen LogP contribution < -0.4 is 10.1 Å². The number of carbonyl (C=O) groups is 2. The molecule has 1 aromatic heterocycles. The van der Waals surface area contributed by atoms with Crippen LogP contribution in [-0.4, -0.2) is 39.8 Å². The zero-order valence-electron chi connectivity index (χ0n) is 17.4. The molecule has 4 rings (SSSR count). The Morgan fingerprint density at radius 2 is 1.78 bits per heavy atom. The standard InChI is InChI=1S/C24H23FN4O3/c25-19-6-4-17(5-7-19)15-22(30)29-14-1-3-18(16-29)23(31)28-20-8-10-21(11-9-20)32-24-26-12-2-13-27-24/h2,4-13,18H,1,3,14-16H2,(H,28,31). The molecule has 3 aromatic rings. The van der Waals surface area contributed by atoms with Crippen molar-refractivity contribution in [1.29, 1.82) is 0 Å². The summed E-state index contributed by atoms with van der Waals surface area (Å²) in [5.41, 5.74) is 1.40. The summed E-state index contributed by atoms with van der Waals surface area (Å²) in [4.78, 5) is 35.1. The van der Waals surface area contributed by atoms with Crippen LogP contribution in [0.4, 0.5) is 10.1 Å². The van der Waals surface area contributed by atoms with E-state index in [4.69, 9.17) is 4.74 Å². The van der Waals surface area contributed by atoms with Crippen LogP contribution in [0.3, 0.4) is 0 Å². The van der Waals surface area contributed by atoms with Gasteiger partial charge in [-0.05, 0) is 60.9 Å². The van der Waals surface area contributed by atoms with Crippen LogP contribution in [-0.2, 0) is 16.0 Å². The van der Waals surface area contributed by atoms with Crippen LogP contribution in [0.15, 0.2) is 67.0 Å². The summed E-state index contributed by atoms with van der Waals surface area (Å²) in [6, 6.07) is 14.8. The van der Waals surface area contributed by atoms with Crippen LogP contribution in [0.2, 0.25) is 0 Å². The van der Waals surface area contributed by atoms with Gasteiger partial charge in [-0.1, -0.05) is 12.1 Å². The van der Waals surface area contributed by atoms with Crippen molar-refractivity contribution in [1.82, 2.24) is 14.9 Å². The molecule has 32 heavy (non-hydrogen) atoms. The van der Waals surface area contributed by atoms with Gasteiger partial charge in [-0.2, -0.15) is 0 Å². The largest absolute Gasteiger partial charge is 0.424 e. The van der Waals surface area contributed by atoms with E-state index in [-0.39, 0.29) is 36.0 Å². The van der Waals surface area contributed by atoms with Crippen LogP contribution in [0, 0.1) is 11.7 Å². The summed E-state index contributed by atoms with van der Waals surface area (Å²) in [6.07, 6.45) is 4.86. The summed E-state index contributed by atoms with van der Waals surface area (Å²) >= 11 is 0. The van der Waals surface area contributed by atoms with E-state index in [0.717, 1.165) is 18.4 Å². The Balaban J connectivity index is 1.31. The van der Waals surface area contributed by atoms with Crippen molar-refractivity contribution in [2.75, 3.05) is 18.4 Å². The molecule has 1 N–H and O–H groups in total. The minimum atomic E-state index is -0.330. The van der Waals surface area contributed by atoms with Crippen molar-refractivity contribution in [3.63, 3.8) is 0 Å². The number of likely N-dealkylation sites (tertiary alicyclic amines) is 1. The molecule has 2 heterocycles. The number of ether oxygens (including phenoxy) is 1. The topological polar surface area (TPSA) is 84.4 Å². The number of anilines is 1. The Morgan fingerprint density at radius 1 is 1.06 bits per heavy atom. The van der Waals surface area contributed by atoms with E-state index in [1.165, 1.54) is 12.1 Å². The van der Waals surface area contributed by atoms with Gasteiger partial charge in [-0.15, -0.1) is 0 Å². The van der Waals surface area contributed by atoms with Gasteiger partial charge in [0.2, 0.25) is 11.8 Å². The SMILES string of the molecule is O=C(Nc1ccc(Oc2ncccn2)cc1)C1CCCN(C(=O)Cc2ccc(F)cc2)C1. The lowest BCUT2D eigenvalue weighted by Crippen LogP contribution is -2.44. The molecule has 1 fully saturated rings. The average molecular weight is 434 g/mol. The van der Waals surface area contributed by atoms with Crippen molar-refractivity contribution in [3.8, 4) is 11.8 Å². The molecule has 1 aliphatic rings. The van der Waals surface area contributed by atoms with Crippen molar-refractivity contribution in [3.05, 3.63) is 78.4 Å². The van der Waals surface area contributed by atoms with Gasteiger partial charge in [0.05, 0.1) is 12.3 Å². The molecule has 0 radical (unpaired) electrons. The zero-order valence-corrected chi connectivity index (χ0v) is 17.4. The van der Waals surface area contributed by atoms with Gasteiger partial charge < -0.3 is 15.0 Å². The molecule has 1 aliphatic heterocycles. The monoisotopic (exact) mass is 434 g/mol. The second kappa shape index (κ2) is 10.00. The molecule has 1 saturated heterocycles. The molecule has 2 amide bonds. The van der Waals surface area contributed by atoms with E-state index < -0.39 is 0 Å². The zero-order chi connectivity index (χ0) is 22.3. The Hall–Kier alpha value is -3.81. The normalized spacial score (nSPS) is 15.8. The number of benzene rings is 2. The second-order valence-electron chi connectivity index (χ2n) is 7.63. The molecule has 0 saturated carbocycles. The second-order valence-corrected chi connectivity index (χ2v) is 7.63. The van der Waals surface area contributed by atoms with E-state index in [0.29, 0.717) is 24.5 Å². The fraction of sp³-hybridized carbons (Fsp3) is 0.250. The highest BCUT2D eigenvalue weighted by atomic mass is 19.1. The number of nitrogens with one attached hydrogen (secondary N) is 1. The van der Waals surface area contributed by atoms with Gasteiger partial charge in [0, 0.05) is 31.2 Å². The molecule has 1 atom stereocenters. The number of aromatic nitrogens is 2. The van der Waals surface area contributed by atoms with E-state index in [2.05, 4.69) is 15.3 Å². The minimum absolute atomic E-state index is 0.0567. The molecule has 1 unspecified atom stereocenters. The fourth-order valence-corrected chi connectivity index (χ4v) is 3.60. The molecule has 0 bridgehead atoms. The highest BCUT2D eigenvalue weighted by molar-refractivity contribution is 5.93. The van der Waals surface area contributed by atoms with Crippen molar-refractivity contribution in [2.45, 2.75) is 19.3 Å². The highest BCUT2D eigenvalue weighted by Gasteiger charge is 2.28. The number of rotatable bonds is 6. The summed E-state index contributed by atoms with van der Waals surface area (Å²) < 4.78 is 18.6. The average Bonchev–Trinajstić information content (AvgIpc) is 2.82. The maximum atomic E-state index is 13.1. The Bertz CT molecular complexity index is 1060. The quantitative estimate of drug-likeness (QED) is 0.638. The van der Waals surface area contributed by atoms with Crippen LogP contribution in [0.1, 0.15) is 18.4 Å². The summed E-state index contributed by atoms with van der Waals surface area (Å²) in [6.45, 7) is 0.996. The first-order valence-electron chi connectivity index (χ1n) is 10.4. The minimum Gasteiger partial charge on any atom is -0.424 e. The summed E-state index contributed by atoms with van der Waals surface area (Å²) in [5.74, 6) is -0.231. The van der Waals surface area contributed by atoms with E-state index in [1.54, 1.807) is 59.8 Å². The molecular formula is C24H23FN4O3. The first-order valence-corrected chi connectivity index (χ1v) is 10.4. The third kappa shape index (κ3) is 5.66. The van der Waals surface area contributed by atoms with Crippen molar-refractivity contribution in [2.24, 2.45) is 5.92 Å². The predicted molar refractivity (Wildman–Crippen MR) is 117 cm³/mol. The van der Waals surface area contributed by atoms with Crippen LogP contribution >= 0.6 is 0 Å². The smallest absolute Gasteiger partial charge is 0.321 e. The van der Waals surface area contributed by atoms with Crippen LogP contribution in [0.5, 0.6) is 11.8 Å². The number of hydrogen-bond donors (Lipinski definition) is 1. The third-order valence-corrected chi connectivity index (χ3v) is 5.29. The fourth-order valence-electron chi connectivity index (χ4n) is 3.60. The van der Waals surface area contributed by atoms with Gasteiger partial charge in [0.25, 0.3) is 0 Å². The lowest BCUT2D eigenvalue weighted by atomic mass is 9.96. The molecular weight excluding hydrogens is 411 g/mol. The third-order valence-electron chi connectivity index (χ3n) is 5.29. The lowest BCUT2D eigenvalue weighted by molar-refractivity contribution is -0.133. The summed E-state index contributed by atoms with van der Waals surface area (Å²) in [7, 11) is 0. The van der Waals surface area contributed by atoms with E-state index in [1.807, 2.05) is 0 Å². The molecule has 7 nitrogen and oxygen atoms in total. The molecule has 8 heteroatoms. The number of nitrogens with zero attached hydrogens (tertiary/aromatic N) is 3. The van der Waals surface area contributed by atoms with Crippen molar-refractivity contribution < 1.29 is 18.7 Å². The van der Waals surface area contributed by atoms with Crippen LogP contribution in [0.25, 0.3) is 0 Å². The maximum absolute atomic E-state index is 13.1. The van der Waals surface area contributed by atoms with Gasteiger partial charge in [-0.25, -0.2) is 14.4 Å². The molecule has 0 spiro atoms. The number of hydrogen-bond acceptors (Lipinski definition) is 5. The molecule has 164 valence electrons. The van der Waals surface area contributed by atoms with Gasteiger partial charge in [0.15, 0.2) is 0 Å². The first kappa shape index (κ1) is 21.4. The Morgan fingerprint density at radius 3 is 2.50 bits per heavy atom. The van der Waals surface area contributed by atoms with E-state index >= 15 is 0 Å². The lowest BCUT2D eigenvalue weighted by Gasteiger charge is -2.32. The number of carbonyl (C=O) groups excluding carboxylic acids is 2. The first-order chi connectivity index (χ1) is 15.6. The molecule has 0 aliphatic carbocycles. The Labute approximate surface area is 185 Å². The van der Waals surface area contributed by atoms with E-state index in [9.17, 15) is 14.0 Å². The van der Waals surface area contributed by atoms with Gasteiger partial charge in [0.1, 0.15) is 11.6 Å². The number of piperidine rings is 1. The van der Waals surface area contributed by atoms with Crippen molar-refractivity contribution >= 4 is 17.5 Å². The number of halogens is 1. The van der Waals surface area contributed by atoms with Gasteiger partial charge in [-0.3, -0.25) is 9.59 Å². The van der Waals surface area contributed by atoms with Gasteiger partial charge >= 0.3 is 6.01 Å². The highest BCUT2D eigenvalue weighted by Crippen LogP contribution is 2.23.